The molecule has 2 aromatic heterocycles. The lowest BCUT2D eigenvalue weighted by molar-refractivity contribution is 0.0747. The number of pyridine rings is 1. The predicted octanol–water partition coefficient (Wildman–Crippen LogP) is 2.29. The third-order valence-electron chi connectivity index (χ3n) is 3.50. The molecular weight excluding hydrogens is 399 g/mol. The van der Waals surface area contributed by atoms with E-state index >= 15 is 0 Å². The molecule has 7 heteroatoms. The van der Waals surface area contributed by atoms with Crippen LogP contribution >= 0.6 is 33.9 Å². The van der Waals surface area contributed by atoms with Crippen molar-refractivity contribution in [1.82, 2.24) is 9.88 Å². The van der Waals surface area contributed by atoms with E-state index in [1.807, 2.05) is 28.5 Å². The molecule has 0 aromatic carbocycles. The summed E-state index contributed by atoms with van der Waals surface area (Å²) in [6, 6.07) is 5.63. The van der Waals surface area contributed by atoms with Crippen molar-refractivity contribution in [2.75, 3.05) is 36.8 Å². The number of rotatable bonds is 2. The van der Waals surface area contributed by atoms with E-state index in [0.717, 1.165) is 27.4 Å². The van der Waals surface area contributed by atoms with Crippen molar-refractivity contribution in [2.45, 2.75) is 0 Å². The smallest absolute Gasteiger partial charge is 0.254 e. The van der Waals surface area contributed by atoms with E-state index < -0.39 is 0 Å². The van der Waals surface area contributed by atoms with Gasteiger partial charge in [-0.1, -0.05) is 0 Å². The molecule has 0 unspecified atom stereocenters. The lowest BCUT2D eigenvalue weighted by Gasteiger charge is -2.35. The van der Waals surface area contributed by atoms with Gasteiger partial charge in [0.2, 0.25) is 0 Å². The van der Waals surface area contributed by atoms with Gasteiger partial charge >= 0.3 is 0 Å². The number of piperazine rings is 1. The number of amides is 1. The zero-order valence-corrected chi connectivity index (χ0v) is 14.3. The van der Waals surface area contributed by atoms with Crippen LogP contribution in [0.2, 0.25) is 0 Å². The summed E-state index contributed by atoms with van der Waals surface area (Å²) in [7, 11) is 0. The van der Waals surface area contributed by atoms with Crippen molar-refractivity contribution in [3.8, 4) is 0 Å². The molecule has 1 amide bonds. The van der Waals surface area contributed by atoms with Crippen molar-refractivity contribution in [3.63, 3.8) is 0 Å². The Balaban J connectivity index is 1.65. The minimum absolute atomic E-state index is 0.114. The Morgan fingerprint density at radius 1 is 1.33 bits per heavy atom. The van der Waals surface area contributed by atoms with E-state index in [0.29, 0.717) is 18.8 Å². The second-order valence-electron chi connectivity index (χ2n) is 4.83. The van der Waals surface area contributed by atoms with Crippen LogP contribution in [0, 0.1) is 2.88 Å². The lowest BCUT2D eigenvalue weighted by Crippen LogP contribution is -2.49. The molecule has 21 heavy (non-hydrogen) atoms. The summed E-state index contributed by atoms with van der Waals surface area (Å²) in [5.41, 5.74) is 7.43. The molecule has 1 fully saturated rings. The summed E-state index contributed by atoms with van der Waals surface area (Å²) in [6.45, 7) is 2.91. The van der Waals surface area contributed by atoms with Gasteiger partial charge in [-0.05, 0) is 40.8 Å². The number of hydrogen-bond acceptors (Lipinski definition) is 5. The predicted molar refractivity (Wildman–Crippen MR) is 93.8 cm³/mol. The minimum Gasteiger partial charge on any atom is -0.396 e. The van der Waals surface area contributed by atoms with Gasteiger partial charge in [-0.15, -0.1) is 11.3 Å². The zero-order chi connectivity index (χ0) is 14.8. The summed E-state index contributed by atoms with van der Waals surface area (Å²) in [5.74, 6) is 0.928. The highest BCUT2D eigenvalue weighted by molar-refractivity contribution is 14.1. The van der Waals surface area contributed by atoms with E-state index in [-0.39, 0.29) is 5.91 Å². The first-order valence-corrected chi connectivity index (χ1v) is 8.60. The maximum Gasteiger partial charge on any atom is 0.254 e. The quantitative estimate of drug-likeness (QED) is 0.767. The average molecular weight is 414 g/mol. The molecule has 5 nitrogen and oxygen atoms in total. The van der Waals surface area contributed by atoms with Crippen LogP contribution < -0.4 is 10.6 Å². The molecule has 3 heterocycles. The summed E-state index contributed by atoms with van der Waals surface area (Å²) >= 11 is 3.84. The van der Waals surface area contributed by atoms with Crippen LogP contribution in [0.15, 0.2) is 29.8 Å². The molecule has 0 aliphatic carbocycles. The third-order valence-corrected chi connectivity index (χ3v) is 5.29. The molecule has 2 aromatic rings. The van der Waals surface area contributed by atoms with E-state index in [4.69, 9.17) is 5.73 Å². The molecule has 1 aliphatic heterocycles. The summed E-state index contributed by atoms with van der Waals surface area (Å²) in [4.78, 5) is 20.8. The Morgan fingerprint density at radius 3 is 2.71 bits per heavy atom. The van der Waals surface area contributed by atoms with Crippen LogP contribution in [-0.4, -0.2) is 42.0 Å². The number of aromatic nitrogens is 1. The van der Waals surface area contributed by atoms with Gasteiger partial charge in [-0.2, -0.15) is 0 Å². The Bertz CT molecular complexity index is 652. The number of nitrogens with zero attached hydrogens (tertiary/aromatic N) is 3. The van der Waals surface area contributed by atoms with Crippen LogP contribution in [0.1, 0.15) is 10.4 Å². The van der Waals surface area contributed by atoms with Gasteiger partial charge in [-0.25, -0.2) is 4.98 Å². The average Bonchev–Trinajstić information content (AvgIpc) is 2.94. The van der Waals surface area contributed by atoms with E-state index in [9.17, 15) is 4.79 Å². The second kappa shape index (κ2) is 6.18. The van der Waals surface area contributed by atoms with E-state index in [1.165, 1.54) is 0 Å². The fourth-order valence-electron chi connectivity index (χ4n) is 2.40. The van der Waals surface area contributed by atoms with Crippen molar-refractivity contribution >= 4 is 51.3 Å². The Hall–Kier alpha value is -1.35. The molecule has 1 aliphatic rings. The monoisotopic (exact) mass is 414 g/mol. The lowest BCUT2D eigenvalue weighted by atomic mass is 10.2. The molecule has 0 saturated carbocycles. The van der Waals surface area contributed by atoms with E-state index in [2.05, 4.69) is 32.5 Å². The molecular formula is C14H15IN4OS. The number of halogens is 1. The molecule has 2 N–H and O–H groups in total. The number of hydrogen-bond donors (Lipinski definition) is 1. The fourth-order valence-corrected chi connectivity index (χ4v) is 3.72. The topological polar surface area (TPSA) is 62.5 Å². The van der Waals surface area contributed by atoms with Gasteiger partial charge in [0.05, 0.1) is 14.1 Å². The summed E-state index contributed by atoms with van der Waals surface area (Å²) in [5, 5.41) is 1.92. The maximum atomic E-state index is 12.4. The van der Waals surface area contributed by atoms with Gasteiger partial charge in [0.1, 0.15) is 0 Å². The SMILES string of the molecule is Nc1cccnc1N1CCN(C(=O)c2csc(I)c2)CC1. The molecule has 0 bridgehead atoms. The number of nitrogen functional groups attached to an aromatic ring is 1. The van der Waals surface area contributed by atoms with E-state index in [1.54, 1.807) is 17.5 Å². The normalized spacial score (nSPS) is 15.3. The van der Waals surface area contributed by atoms with Crippen molar-refractivity contribution in [1.29, 1.82) is 0 Å². The molecule has 1 saturated heterocycles. The van der Waals surface area contributed by atoms with Crippen LogP contribution in [0.3, 0.4) is 0 Å². The van der Waals surface area contributed by atoms with Gasteiger partial charge in [0, 0.05) is 37.8 Å². The Morgan fingerprint density at radius 2 is 2.10 bits per heavy atom. The standard InChI is InChI=1S/C14H15IN4OS/c15-12-8-10(9-21-12)14(20)19-6-4-18(5-7-19)13-11(16)2-1-3-17-13/h1-3,8-9H,4-7,16H2. The van der Waals surface area contributed by atoms with Gasteiger partial charge in [0.25, 0.3) is 5.91 Å². The third kappa shape index (κ3) is 3.13. The summed E-state index contributed by atoms with van der Waals surface area (Å²) in [6.07, 6.45) is 1.75. The van der Waals surface area contributed by atoms with Crippen LogP contribution in [0.25, 0.3) is 0 Å². The van der Waals surface area contributed by atoms with Crippen molar-refractivity contribution < 1.29 is 4.79 Å². The number of carbonyl (C=O) groups excluding carboxylic acids is 1. The fraction of sp³-hybridized carbons (Fsp3) is 0.286. The first-order chi connectivity index (χ1) is 10.1. The van der Waals surface area contributed by atoms with Crippen LogP contribution in [-0.2, 0) is 0 Å². The number of carbonyl (C=O) groups is 1. The highest BCUT2D eigenvalue weighted by atomic mass is 127. The Kier molecular flexibility index (Phi) is 4.29. The van der Waals surface area contributed by atoms with Crippen LogP contribution in [0.5, 0.6) is 0 Å². The number of nitrogens with two attached hydrogens (primary N) is 1. The highest BCUT2D eigenvalue weighted by Crippen LogP contribution is 2.22. The minimum atomic E-state index is 0.114. The molecule has 110 valence electrons. The molecule has 0 spiro atoms. The van der Waals surface area contributed by atoms with Gasteiger partial charge in [0.15, 0.2) is 5.82 Å². The van der Waals surface area contributed by atoms with Gasteiger partial charge in [-0.3, -0.25) is 4.79 Å². The maximum absolute atomic E-state index is 12.4. The molecule has 0 atom stereocenters. The largest absolute Gasteiger partial charge is 0.396 e. The first-order valence-electron chi connectivity index (χ1n) is 6.64. The van der Waals surface area contributed by atoms with Gasteiger partial charge < -0.3 is 15.5 Å². The number of thiophene rings is 1. The zero-order valence-electron chi connectivity index (χ0n) is 11.3. The number of anilines is 2. The molecule has 0 radical (unpaired) electrons. The second-order valence-corrected chi connectivity index (χ2v) is 7.64. The summed E-state index contributed by atoms with van der Waals surface area (Å²) < 4.78 is 1.14. The molecule has 3 rings (SSSR count). The highest BCUT2D eigenvalue weighted by Gasteiger charge is 2.24. The first kappa shape index (κ1) is 14.6. The van der Waals surface area contributed by atoms with Crippen molar-refractivity contribution in [2.24, 2.45) is 0 Å². The van der Waals surface area contributed by atoms with Crippen LogP contribution in [0.4, 0.5) is 11.5 Å². The van der Waals surface area contributed by atoms with Crippen molar-refractivity contribution in [3.05, 3.63) is 38.2 Å². The Labute approximate surface area is 140 Å².